The highest BCUT2D eigenvalue weighted by Crippen LogP contribution is 2.31. The van der Waals surface area contributed by atoms with Crippen molar-refractivity contribution in [1.29, 1.82) is 0 Å². The normalized spacial score (nSPS) is 21.9. The highest BCUT2D eigenvalue weighted by atomic mass is 35.5. The van der Waals surface area contributed by atoms with Crippen molar-refractivity contribution in [2.75, 3.05) is 26.3 Å². The number of oxazole rings is 1. The number of benzene rings is 1. The molecule has 2 aromatic rings. The summed E-state index contributed by atoms with van der Waals surface area (Å²) >= 11 is 5.93. The van der Waals surface area contributed by atoms with Crippen LogP contribution in [0, 0.1) is 0 Å². The Morgan fingerprint density at radius 3 is 2.64 bits per heavy atom. The topological polar surface area (TPSA) is 56.8 Å². The van der Waals surface area contributed by atoms with Gasteiger partial charge in [0.15, 0.2) is 11.4 Å². The molecule has 0 bridgehead atoms. The van der Waals surface area contributed by atoms with E-state index in [0.29, 0.717) is 30.5 Å². The van der Waals surface area contributed by atoms with Crippen molar-refractivity contribution in [3.8, 4) is 0 Å². The molecule has 7 heteroatoms. The predicted octanol–water partition coefficient (Wildman–Crippen LogP) is 2.04. The lowest BCUT2D eigenvalue weighted by atomic mass is 10.0. The first-order valence-corrected chi connectivity index (χ1v) is 7.82. The zero-order valence-electron chi connectivity index (χ0n) is 12.1. The molecule has 1 aromatic heterocycles. The summed E-state index contributed by atoms with van der Waals surface area (Å²) in [5.74, 6) is -0.751. The van der Waals surface area contributed by atoms with Gasteiger partial charge in [-0.15, -0.1) is 0 Å². The van der Waals surface area contributed by atoms with Crippen LogP contribution in [0.3, 0.4) is 0 Å². The minimum absolute atomic E-state index is 0.356. The second-order valence-electron chi connectivity index (χ2n) is 5.78. The van der Waals surface area contributed by atoms with Gasteiger partial charge in [-0.05, 0) is 12.1 Å². The lowest BCUT2D eigenvalue weighted by Crippen LogP contribution is -2.46. The number of nitrogens with zero attached hydrogens (tertiary/aromatic N) is 2. The van der Waals surface area contributed by atoms with Crippen LogP contribution in [0.5, 0.6) is 0 Å². The van der Waals surface area contributed by atoms with Crippen LogP contribution in [0.1, 0.15) is 12.8 Å². The van der Waals surface area contributed by atoms with Crippen molar-refractivity contribution >= 4 is 22.7 Å². The smallest absolute Gasteiger partial charge is 0.408 e. The van der Waals surface area contributed by atoms with Crippen molar-refractivity contribution in [3.63, 3.8) is 0 Å². The Bertz CT molecular complexity index is 738. The number of rotatable bonds is 2. The van der Waals surface area contributed by atoms with Crippen LogP contribution >= 0.6 is 11.6 Å². The first kappa shape index (κ1) is 14.3. The SMILES string of the molecule is O=c1oc2cc(Cl)ccc2n1CN1CCC2(CC1)OCCO2. The number of likely N-dealkylation sites (tertiary alicyclic amines) is 1. The highest BCUT2D eigenvalue weighted by molar-refractivity contribution is 6.31. The molecule has 0 unspecified atom stereocenters. The van der Waals surface area contributed by atoms with E-state index in [1.54, 1.807) is 16.7 Å². The third-order valence-electron chi connectivity index (χ3n) is 4.40. The molecule has 2 aliphatic heterocycles. The Morgan fingerprint density at radius 1 is 1.18 bits per heavy atom. The van der Waals surface area contributed by atoms with E-state index in [4.69, 9.17) is 25.5 Å². The number of aromatic nitrogens is 1. The molecule has 2 fully saturated rings. The molecule has 118 valence electrons. The quantitative estimate of drug-likeness (QED) is 0.846. The van der Waals surface area contributed by atoms with Gasteiger partial charge in [0.2, 0.25) is 0 Å². The fraction of sp³-hybridized carbons (Fsp3) is 0.533. The zero-order valence-corrected chi connectivity index (χ0v) is 12.8. The van der Waals surface area contributed by atoms with E-state index < -0.39 is 5.79 Å². The maximum Gasteiger partial charge on any atom is 0.421 e. The molecule has 1 aromatic carbocycles. The molecule has 3 heterocycles. The minimum atomic E-state index is -0.395. The molecule has 0 radical (unpaired) electrons. The predicted molar refractivity (Wildman–Crippen MR) is 80.9 cm³/mol. The van der Waals surface area contributed by atoms with E-state index in [-0.39, 0.29) is 5.76 Å². The fourth-order valence-electron chi connectivity index (χ4n) is 3.19. The van der Waals surface area contributed by atoms with Crippen molar-refractivity contribution in [2.24, 2.45) is 0 Å². The molecule has 0 aliphatic carbocycles. The van der Waals surface area contributed by atoms with Gasteiger partial charge in [-0.25, -0.2) is 4.79 Å². The molecule has 0 amide bonds. The first-order chi connectivity index (χ1) is 10.7. The van der Waals surface area contributed by atoms with E-state index in [9.17, 15) is 4.79 Å². The number of fused-ring (bicyclic) bond motifs is 1. The Kier molecular flexibility index (Phi) is 3.49. The van der Waals surface area contributed by atoms with Gasteiger partial charge in [0.25, 0.3) is 0 Å². The summed E-state index contributed by atoms with van der Waals surface area (Å²) in [6, 6.07) is 5.25. The molecule has 22 heavy (non-hydrogen) atoms. The highest BCUT2D eigenvalue weighted by Gasteiger charge is 2.39. The summed E-state index contributed by atoms with van der Waals surface area (Å²) in [7, 11) is 0. The van der Waals surface area contributed by atoms with Crippen LogP contribution in [0.25, 0.3) is 11.1 Å². The Balaban J connectivity index is 1.52. The molecular weight excluding hydrogens is 308 g/mol. The van der Waals surface area contributed by atoms with Crippen LogP contribution in [0.15, 0.2) is 27.4 Å². The molecule has 6 nitrogen and oxygen atoms in total. The summed E-state index contributed by atoms with van der Waals surface area (Å²) in [4.78, 5) is 14.3. The van der Waals surface area contributed by atoms with Crippen LogP contribution in [-0.2, 0) is 16.1 Å². The van der Waals surface area contributed by atoms with Gasteiger partial charge in [0.05, 0.1) is 25.4 Å². The fourth-order valence-corrected chi connectivity index (χ4v) is 3.36. The number of hydrogen-bond donors (Lipinski definition) is 0. The standard InChI is InChI=1S/C15H17ClN2O4/c16-11-1-2-12-13(9-11)22-14(19)18(12)10-17-5-3-15(4-6-17)20-7-8-21-15/h1-2,9H,3-8,10H2. The maximum absolute atomic E-state index is 12.1. The van der Waals surface area contributed by atoms with E-state index in [2.05, 4.69) is 4.90 Å². The number of ether oxygens (including phenoxy) is 2. The van der Waals surface area contributed by atoms with Crippen LogP contribution in [-0.4, -0.2) is 41.6 Å². The zero-order chi connectivity index (χ0) is 15.2. The average molecular weight is 325 g/mol. The molecule has 0 N–H and O–H groups in total. The second kappa shape index (κ2) is 5.38. The Labute approximate surface area is 132 Å². The van der Waals surface area contributed by atoms with Gasteiger partial charge in [0.1, 0.15) is 0 Å². The maximum atomic E-state index is 12.1. The Hall–Kier alpha value is -1.34. The second-order valence-corrected chi connectivity index (χ2v) is 6.21. The third kappa shape index (κ3) is 2.46. The monoisotopic (exact) mass is 324 g/mol. The first-order valence-electron chi connectivity index (χ1n) is 7.44. The lowest BCUT2D eigenvalue weighted by Gasteiger charge is -2.37. The van der Waals surface area contributed by atoms with Crippen LogP contribution < -0.4 is 5.76 Å². The third-order valence-corrected chi connectivity index (χ3v) is 4.64. The summed E-state index contributed by atoms with van der Waals surface area (Å²) in [5, 5.41) is 0.559. The summed E-state index contributed by atoms with van der Waals surface area (Å²) < 4.78 is 18.3. The van der Waals surface area contributed by atoms with E-state index >= 15 is 0 Å². The lowest BCUT2D eigenvalue weighted by molar-refractivity contribution is -0.187. The summed E-state index contributed by atoms with van der Waals surface area (Å²) in [6.45, 7) is 3.50. The van der Waals surface area contributed by atoms with Gasteiger partial charge in [0, 0.05) is 37.0 Å². The van der Waals surface area contributed by atoms with Crippen molar-refractivity contribution in [3.05, 3.63) is 33.8 Å². The van der Waals surface area contributed by atoms with Crippen LogP contribution in [0.2, 0.25) is 5.02 Å². The van der Waals surface area contributed by atoms with Gasteiger partial charge >= 0.3 is 5.76 Å². The minimum Gasteiger partial charge on any atom is -0.408 e. The van der Waals surface area contributed by atoms with E-state index in [1.165, 1.54) is 0 Å². The van der Waals surface area contributed by atoms with Crippen LogP contribution in [0.4, 0.5) is 0 Å². The molecule has 1 spiro atoms. The summed E-state index contributed by atoms with van der Waals surface area (Å²) in [5.41, 5.74) is 1.29. The van der Waals surface area contributed by atoms with Crippen molar-refractivity contribution < 1.29 is 13.9 Å². The number of piperidine rings is 1. The Morgan fingerprint density at radius 2 is 1.91 bits per heavy atom. The van der Waals surface area contributed by atoms with Gasteiger partial charge in [-0.1, -0.05) is 11.6 Å². The van der Waals surface area contributed by atoms with Crippen molar-refractivity contribution in [2.45, 2.75) is 25.3 Å². The van der Waals surface area contributed by atoms with E-state index in [0.717, 1.165) is 31.4 Å². The molecule has 0 saturated carbocycles. The van der Waals surface area contributed by atoms with Gasteiger partial charge < -0.3 is 13.9 Å². The number of hydrogen-bond acceptors (Lipinski definition) is 5. The molecule has 2 aliphatic rings. The van der Waals surface area contributed by atoms with Crippen molar-refractivity contribution in [1.82, 2.24) is 9.47 Å². The largest absolute Gasteiger partial charge is 0.421 e. The molecular formula is C15H17ClN2O4. The molecule has 2 saturated heterocycles. The van der Waals surface area contributed by atoms with Gasteiger partial charge in [-0.3, -0.25) is 9.47 Å². The van der Waals surface area contributed by atoms with E-state index in [1.807, 2.05) is 6.07 Å². The molecule has 4 rings (SSSR count). The summed E-state index contributed by atoms with van der Waals surface area (Å²) in [6.07, 6.45) is 1.65. The van der Waals surface area contributed by atoms with Gasteiger partial charge in [-0.2, -0.15) is 0 Å². The average Bonchev–Trinajstić information content (AvgIpc) is 3.07. The molecule has 0 atom stereocenters. The number of halogens is 1.